The van der Waals surface area contributed by atoms with Crippen molar-refractivity contribution in [1.82, 2.24) is 10.2 Å². The average Bonchev–Trinajstić information content (AvgIpc) is 2.88. The summed E-state index contributed by atoms with van der Waals surface area (Å²) in [4.78, 5) is 0.539. The molecule has 5 heteroatoms. The third kappa shape index (κ3) is 2.89. The number of halogens is 1. The first kappa shape index (κ1) is 12.1. The van der Waals surface area contributed by atoms with Gasteiger partial charge in [-0.3, -0.25) is 0 Å². The first-order valence-electron chi connectivity index (χ1n) is 5.63. The van der Waals surface area contributed by atoms with Gasteiger partial charge < -0.3 is 0 Å². The fraction of sp³-hybridized carbons (Fsp3) is 0. The van der Waals surface area contributed by atoms with Crippen LogP contribution >= 0.6 is 0 Å². The Hall–Kier alpha value is -1.97. The third-order valence-corrected chi connectivity index (χ3v) is 4.17. The fourth-order valence-electron chi connectivity index (χ4n) is 1.58. The van der Waals surface area contributed by atoms with E-state index in [1.165, 1.54) is 12.1 Å². The molecule has 0 aliphatic carbocycles. The van der Waals surface area contributed by atoms with Crippen LogP contribution in [0.25, 0.3) is 11.5 Å². The van der Waals surface area contributed by atoms with E-state index in [1.807, 2.05) is 36.4 Å². The average molecular weight is 319 g/mol. The van der Waals surface area contributed by atoms with Gasteiger partial charge in [-0.25, -0.2) is 0 Å². The summed E-state index contributed by atoms with van der Waals surface area (Å²) in [6.07, 6.45) is 0. The molecule has 0 aliphatic rings. The Bertz CT molecular complexity index is 685. The third-order valence-electron chi connectivity index (χ3n) is 2.43. The molecular formula is C14H9FN2OSe. The molecule has 2 aromatic carbocycles. The second-order valence-corrected chi connectivity index (χ2v) is 5.95. The monoisotopic (exact) mass is 320 g/mol. The van der Waals surface area contributed by atoms with Gasteiger partial charge in [-0.1, -0.05) is 0 Å². The van der Waals surface area contributed by atoms with Crippen LogP contribution in [-0.4, -0.2) is 25.2 Å². The van der Waals surface area contributed by atoms with Crippen molar-refractivity contribution in [3.63, 3.8) is 0 Å². The van der Waals surface area contributed by atoms with E-state index >= 15 is 0 Å². The van der Waals surface area contributed by atoms with E-state index in [4.69, 9.17) is 4.42 Å². The topological polar surface area (TPSA) is 38.9 Å². The van der Waals surface area contributed by atoms with E-state index in [-0.39, 0.29) is 20.8 Å². The maximum atomic E-state index is 13.1. The summed E-state index contributed by atoms with van der Waals surface area (Å²) >= 11 is -0.178. The molecular weight excluding hydrogens is 310 g/mol. The molecule has 0 N–H and O–H groups in total. The minimum atomic E-state index is -0.248. The molecule has 0 atom stereocenters. The van der Waals surface area contributed by atoms with Crippen LogP contribution in [0, 0.1) is 5.82 Å². The quantitative estimate of drug-likeness (QED) is 0.687. The van der Waals surface area contributed by atoms with Crippen LogP contribution in [0.4, 0.5) is 4.39 Å². The Morgan fingerprint density at radius 1 is 0.947 bits per heavy atom. The van der Waals surface area contributed by atoms with Gasteiger partial charge in [-0.05, 0) is 0 Å². The van der Waals surface area contributed by atoms with Crippen molar-refractivity contribution in [3.05, 3.63) is 60.4 Å². The zero-order chi connectivity index (χ0) is 13.1. The molecule has 3 nitrogen and oxygen atoms in total. The molecule has 0 spiro atoms. The van der Waals surface area contributed by atoms with Gasteiger partial charge in [0.2, 0.25) is 0 Å². The summed E-state index contributed by atoms with van der Waals surface area (Å²) in [5, 5.41) is 8.02. The van der Waals surface area contributed by atoms with Crippen LogP contribution in [0.3, 0.4) is 0 Å². The molecule has 0 saturated carbocycles. The number of rotatable bonds is 3. The molecule has 19 heavy (non-hydrogen) atoms. The summed E-state index contributed by atoms with van der Waals surface area (Å²) in [5.74, 6) is 0.246. The van der Waals surface area contributed by atoms with Gasteiger partial charge in [0.15, 0.2) is 0 Å². The predicted molar refractivity (Wildman–Crippen MR) is 71.2 cm³/mol. The van der Waals surface area contributed by atoms with E-state index in [1.54, 1.807) is 6.07 Å². The zero-order valence-electron chi connectivity index (χ0n) is 9.79. The Labute approximate surface area is 115 Å². The predicted octanol–water partition coefficient (Wildman–Crippen LogP) is 1.53. The summed E-state index contributed by atoms with van der Waals surface area (Å²) in [5.41, 5.74) is 0.885. The van der Waals surface area contributed by atoms with Crippen molar-refractivity contribution in [3.8, 4) is 11.5 Å². The number of hydrogen-bond acceptors (Lipinski definition) is 3. The summed E-state index contributed by atoms with van der Waals surface area (Å²) < 4.78 is 19.6. The van der Waals surface area contributed by atoms with Gasteiger partial charge in [0.05, 0.1) is 0 Å². The summed E-state index contributed by atoms with van der Waals surface area (Å²) in [6.45, 7) is 0. The fourth-order valence-corrected chi connectivity index (χ4v) is 3.09. The van der Waals surface area contributed by atoms with Crippen molar-refractivity contribution in [2.75, 3.05) is 0 Å². The van der Waals surface area contributed by atoms with Crippen molar-refractivity contribution in [1.29, 1.82) is 0 Å². The van der Waals surface area contributed by atoms with Crippen LogP contribution < -0.4 is 9.25 Å². The number of hydrogen-bond donors (Lipinski definition) is 0. The van der Waals surface area contributed by atoms with Gasteiger partial charge in [-0.15, -0.1) is 0 Å². The normalized spacial score (nSPS) is 10.6. The van der Waals surface area contributed by atoms with Crippen molar-refractivity contribution in [2.45, 2.75) is 0 Å². The van der Waals surface area contributed by atoms with Gasteiger partial charge in [-0.2, -0.15) is 0 Å². The number of nitrogens with zero attached hydrogens (tertiary/aromatic N) is 2. The SMILES string of the molecule is Fc1cccc([Se]c2nnc(-c3ccccc3)o2)c1. The molecule has 0 saturated heterocycles. The molecule has 1 aromatic heterocycles. The Morgan fingerprint density at radius 3 is 2.58 bits per heavy atom. The van der Waals surface area contributed by atoms with E-state index < -0.39 is 0 Å². The van der Waals surface area contributed by atoms with Crippen molar-refractivity contribution in [2.24, 2.45) is 0 Å². The standard InChI is InChI=1S/C14H9FN2OSe/c15-11-7-4-8-12(9-11)19-14-17-16-13(18-14)10-5-2-1-3-6-10/h1-9H. The van der Waals surface area contributed by atoms with Crippen molar-refractivity contribution < 1.29 is 8.81 Å². The molecule has 0 aliphatic heterocycles. The molecule has 0 radical (unpaired) electrons. The van der Waals surface area contributed by atoms with Crippen LogP contribution in [0.2, 0.25) is 0 Å². The minimum absolute atomic E-state index is 0.178. The van der Waals surface area contributed by atoms with E-state index in [2.05, 4.69) is 10.2 Å². The van der Waals surface area contributed by atoms with E-state index in [0.717, 1.165) is 10.0 Å². The zero-order valence-corrected chi connectivity index (χ0v) is 11.5. The molecule has 3 rings (SSSR count). The molecule has 0 bridgehead atoms. The molecule has 3 aromatic rings. The van der Waals surface area contributed by atoms with Crippen LogP contribution in [0.15, 0.2) is 59.0 Å². The second kappa shape index (κ2) is 5.34. The molecule has 94 valence electrons. The van der Waals surface area contributed by atoms with E-state index in [0.29, 0.717) is 10.7 Å². The summed E-state index contributed by atoms with van der Waals surface area (Å²) in [7, 11) is 0. The Kier molecular flexibility index (Phi) is 3.40. The van der Waals surface area contributed by atoms with Gasteiger partial charge in [0.25, 0.3) is 0 Å². The van der Waals surface area contributed by atoms with Crippen LogP contribution in [0.1, 0.15) is 0 Å². The molecule has 1 heterocycles. The summed E-state index contributed by atoms with van der Waals surface area (Å²) in [6, 6.07) is 16.0. The van der Waals surface area contributed by atoms with Crippen molar-refractivity contribution >= 4 is 24.2 Å². The van der Waals surface area contributed by atoms with Crippen LogP contribution in [-0.2, 0) is 0 Å². The number of benzene rings is 2. The van der Waals surface area contributed by atoms with Crippen LogP contribution in [0.5, 0.6) is 0 Å². The molecule has 0 amide bonds. The Morgan fingerprint density at radius 2 is 1.79 bits per heavy atom. The molecule has 0 unspecified atom stereocenters. The van der Waals surface area contributed by atoms with Gasteiger partial charge in [0.1, 0.15) is 0 Å². The Balaban J connectivity index is 1.82. The molecule has 0 fully saturated rings. The maximum absolute atomic E-state index is 13.1. The van der Waals surface area contributed by atoms with Gasteiger partial charge >= 0.3 is 115 Å². The first-order valence-corrected chi connectivity index (χ1v) is 7.35. The first-order chi connectivity index (χ1) is 9.31. The number of aromatic nitrogens is 2. The van der Waals surface area contributed by atoms with Gasteiger partial charge in [0, 0.05) is 0 Å². The van der Waals surface area contributed by atoms with E-state index in [9.17, 15) is 4.39 Å². The second-order valence-electron chi connectivity index (χ2n) is 3.80.